The molecule has 0 N–H and O–H groups in total. The van der Waals surface area contributed by atoms with E-state index in [9.17, 15) is 4.79 Å². The van der Waals surface area contributed by atoms with Crippen molar-refractivity contribution >= 4 is 34.2 Å². The van der Waals surface area contributed by atoms with Crippen LogP contribution in [0.1, 0.15) is 45.4 Å². The summed E-state index contributed by atoms with van der Waals surface area (Å²) in [5.74, 6) is 2.31. The Bertz CT molecular complexity index is 983. The van der Waals surface area contributed by atoms with Gasteiger partial charge in [-0.3, -0.25) is 9.20 Å². The van der Waals surface area contributed by atoms with E-state index in [4.69, 9.17) is 4.98 Å². The fourth-order valence-electron chi connectivity index (χ4n) is 3.70. The molecule has 7 heteroatoms. The average molecular weight is 384 g/mol. The van der Waals surface area contributed by atoms with Gasteiger partial charge in [-0.25, -0.2) is 4.98 Å². The predicted molar refractivity (Wildman–Crippen MR) is 108 cm³/mol. The Hall–Kier alpha value is -2.15. The Morgan fingerprint density at radius 2 is 2.11 bits per heavy atom. The van der Waals surface area contributed by atoms with Crippen molar-refractivity contribution in [2.24, 2.45) is 5.92 Å². The molecule has 2 aromatic heterocycles. The van der Waals surface area contributed by atoms with Crippen molar-refractivity contribution in [3.63, 3.8) is 0 Å². The molecular weight excluding hydrogens is 358 g/mol. The number of hydrogen-bond donors (Lipinski definition) is 0. The molecule has 142 valence electrons. The summed E-state index contributed by atoms with van der Waals surface area (Å²) in [6.45, 7) is 8.18. The zero-order chi connectivity index (χ0) is 19.0. The summed E-state index contributed by atoms with van der Waals surface area (Å²) in [7, 11) is 0. The van der Waals surface area contributed by atoms with Gasteiger partial charge < -0.3 is 4.90 Å². The fraction of sp³-hybridized carbons (Fsp3) is 0.500. The van der Waals surface area contributed by atoms with Crippen LogP contribution in [0.2, 0.25) is 0 Å². The number of piperidine rings is 1. The summed E-state index contributed by atoms with van der Waals surface area (Å²) in [6.07, 6.45) is 2.31. The van der Waals surface area contributed by atoms with E-state index in [2.05, 4.69) is 31.0 Å². The quantitative estimate of drug-likeness (QED) is 0.642. The first kappa shape index (κ1) is 18.2. The van der Waals surface area contributed by atoms with Gasteiger partial charge in [0, 0.05) is 24.4 Å². The van der Waals surface area contributed by atoms with Crippen LogP contribution in [0, 0.1) is 5.92 Å². The molecule has 4 rings (SSSR count). The zero-order valence-corrected chi connectivity index (χ0v) is 16.9. The number of hydrogen-bond acceptors (Lipinski definition) is 5. The largest absolute Gasteiger partial charge is 0.342 e. The molecule has 0 bridgehead atoms. The molecule has 6 nitrogen and oxygen atoms in total. The highest BCUT2D eigenvalue weighted by Gasteiger charge is 2.23. The molecule has 1 amide bonds. The van der Waals surface area contributed by atoms with Crippen molar-refractivity contribution in [1.29, 1.82) is 0 Å². The van der Waals surface area contributed by atoms with Crippen LogP contribution in [0.25, 0.3) is 16.6 Å². The Labute approximate surface area is 163 Å². The number of likely N-dealkylation sites (tertiary alicyclic amines) is 1. The van der Waals surface area contributed by atoms with Crippen LogP contribution in [-0.4, -0.2) is 49.2 Å². The number of carbonyl (C=O) groups excluding carboxylic acids is 1. The highest BCUT2D eigenvalue weighted by atomic mass is 32.2. The van der Waals surface area contributed by atoms with Gasteiger partial charge in [-0.05, 0) is 30.9 Å². The van der Waals surface area contributed by atoms with Crippen molar-refractivity contribution in [3.05, 3.63) is 30.1 Å². The Morgan fingerprint density at radius 1 is 1.30 bits per heavy atom. The summed E-state index contributed by atoms with van der Waals surface area (Å²) in [5, 5.41) is 10.5. The van der Waals surface area contributed by atoms with Gasteiger partial charge in [0.1, 0.15) is 5.82 Å². The highest BCUT2D eigenvalue weighted by Crippen LogP contribution is 2.27. The minimum atomic E-state index is 0.183. The third kappa shape index (κ3) is 3.52. The molecule has 1 atom stereocenters. The number of rotatable bonds is 4. The Morgan fingerprint density at radius 3 is 2.89 bits per heavy atom. The second-order valence-electron chi connectivity index (χ2n) is 7.66. The smallest absolute Gasteiger partial charge is 0.233 e. The first-order valence-electron chi connectivity index (χ1n) is 9.59. The molecule has 27 heavy (non-hydrogen) atoms. The molecule has 1 aliphatic heterocycles. The van der Waals surface area contributed by atoms with Crippen molar-refractivity contribution in [3.8, 4) is 0 Å². The first-order chi connectivity index (χ1) is 13.0. The topological polar surface area (TPSA) is 63.4 Å². The molecule has 1 saturated heterocycles. The number of thioether (sulfide) groups is 1. The van der Waals surface area contributed by atoms with Crippen LogP contribution in [0.15, 0.2) is 29.4 Å². The second-order valence-corrected chi connectivity index (χ2v) is 8.60. The maximum atomic E-state index is 12.6. The third-order valence-corrected chi connectivity index (χ3v) is 6.01. The number of para-hydroxylation sites is 1. The average Bonchev–Trinajstić information content (AvgIpc) is 3.09. The lowest BCUT2D eigenvalue weighted by Crippen LogP contribution is -2.40. The Kier molecular flexibility index (Phi) is 5.04. The molecule has 0 radical (unpaired) electrons. The van der Waals surface area contributed by atoms with E-state index in [1.165, 1.54) is 18.2 Å². The molecular formula is C20H25N5OS. The van der Waals surface area contributed by atoms with E-state index in [0.29, 0.717) is 11.7 Å². The van der Waals surface area contributed by atoms with Crippen LogP contribution < -0.4 is 0 Å². The SMILES string of the molecule is CC1CCCN(C(=O)CSc2nnc3c4ccccc4nc(C(C)C)n23)C1. The number of carbonyl (C=O) groups is 1. The van der Waals surface area contributed by atoms with Gasteiger partial charge in [0.05, 0.1) is 11.3 Å². The molecule has 1 aromatic carbocycles. The summed E-state index contributed by atoms with van der Waals surface area (Å²) in [4.78, 5) is 19.5. The first-order valence-corrected chi connectivity index (χ1v) is 10.6. The van der Waals surface area contributed by atoms with Crippen molar-refractivity contribution < 1.29 is 4.79 Å². The van der Waals surface area contributed by atoms with E-state index < -0.39 is 0 Å². The third-order valence-electron chi connectivity index (χ3n) is 5.09. The van der Waals surface area contributed by atoms with Crippen LogP contribution >= 0.6 is 11.8 Å². The standard InChI is InChI=1S/C20H25N5OS/c1-13(2)18-21-16-9-5-4-8-15(16)19-22-23-20(25(18)19)27-12-17(26)24-10-6-7-14(3)11-24/h4-5,8-9,13-14H,6-7,10-12H2,1-3H3. The van der Waals surface area contributed by atoms with Crippen LogP contribution in [0.3, 0.4) is 0 Å². The molecule has 1 aliphatic rings. The summed E-state index contributed by atoms with van der Waals surface area (Å²) in [6, 6.07) is 8.00. The van der Waals surface area contributed by atoms with E-state index >= 15 is 0 Å². The molecule has 0 aliphatic carbocycles. The number of aromatic nitrogens is 4. The van der Waals surface area contributed by atoms with Gasteiger partial charge in [-0.1, -0.05) is 44.7 Å². The minimum absolute atomic E-state index is 0.183. The summed E-state index contributed by atoms with van der Waals surface area (Å²) >= 11 is 1.46. The van der Waals surface area contributed by atoms with Gasteiger partial charge >= 0.3 is 0 Å². The number of amides is 1. The van der Waals surface area contributed by atoms with Crippen LogP contribution in [0.5, 0.6) is 0 Å². The maximum Gasteiger partial charge on any atom is 0.233 e. The molecule has 1 unspecified atom stereocenters. The van der Waals surface area contributed by atoms with Crippen molar-refractivity contribution in [1.82, 2.24) is 24.5 Å². The zero-order valence-electron chi connectivity index (χ0n) is 16.1. The van der Waals surface area contributed by atoms with Crippen LogP contribution in [0.4, 0.5) is 0 Å². The van der Waals surface area contributed by atoms with Gasteiger partial charge in [-0.2, -0.15) is 0 Å². The Balaban J connectivity index is 1.64. The normalized spacial score (nSPS) is 17.9. The van der Waals surface area contributed by atoms with E-state index in [0.717, 1.165) is 47.0 Å². The van der Waals surface area contributed by atoms with Gasteiger partial charge in [0.25, 0.3) is 0 Å². The number of fused-ring (bicyclic) bond motifs is 3. The molecule has 1 fully saturated rings. The van der Waals surface area contributed by atoms with Gasteiger partial charge in [0.15, 0.2) is 10.8 Å². The lowest BCUT2D eigenvalue weighted by Gasteiger charge is -2.30. The van der Waals surface area contributed by atoms with Crippen LogP contribution in [-0.2, 0) is 4.79 Å². The van der Waals surface area contributed by atoms with Gasteiger partial charge in [0.2, 0.25) is 5.91 Å². The van der Waals surface area contributed by atoms with Crippen molar-refractivity contribution in [2.75, 3.05) is 18.8 Å². The van der Waals surface area contributed by atoms with E-state index in [1.54, 1.807) is 0 Å². The summed E-state index contributed by atoms with van der Waals surface area (Å²) in [5.41, 5.74) is 1.74. The molecule has 3 heterocycles. The fourth-order valence-corrected chi connectivity index (χ4v) is 4.54. The molecule has 3 aromatic rings. The minimum Gasteiger partial charge on any atom is -0.342 e. The van der Waals surface area contributed by atoms with E-state index in [-0.39, 0.29) is 11.8 Å². The van der Waals surface area contributed by atoms with E-state index in [1.807, 2.05) is 33.6 Å². The lowest BCUT2D eigenvalue weighted by atomic mass is 10.0. The summed E-state index contributed by atoms with van der Waals surface area (Å²) < 4.78 is 2.02. The monoisotopic (exact) mass is 383 g/mol. The maximum absolute atomic E-state index is 12.6. The number of benzene rings is 1. The predicted octanol–water partition coefficient (Wildman–Crippen LogP) is 3.75. The van der Waals surface area contributed by atoms with Gasteiger partial charge in [-0.15, -0.1) is 10.2 Å². The second kappa shape index (κ2) is 7.46. The molecule has 0 saturated carbocycles. The lowest BCUT2D eigenvalue weighted by molar-refractivity contribution is -0.130. The molecule has 0 spiro atoms. The highest BCUT2D eigenvalue weighted by molar-refractivity contribution is 7.99. The van der Waals surface area contributed by atoms with Crippen molar-refractivity contribution in [2.45, 2.75) is 44.7 Å². The number of nitrogens with zero attached hydrogens (tertiary/aromatic N) is 5.